The smallest absolute Gasteiger partial charge is 0.128 e. The SMILES string of the molecule is CSc1ccc(C(O)c2cccc3c2OCCC3)cc1. The van der Waals surface area contributed by atoms with E-state index >= 15 is 0 Å². The fourth-order valence-electron chi connectivity index (χ4n) is 2.60. The van der Waals surface area contributed by atoms with Gasteiger partial charge in [0.15, 0.2) is 0 Å². The van der Waals surface area contributed by atoms with Crippen molar-refractivity contribution >= 4 is 11.8 Å². The molecule has 2 aromatic carbocycles. The van der Waals surface area contributed by atoms with Gasteiger partial charge in [0, 0.05) is 10.5 Å². The average molecular weight is 286 g/mol. The first kappa shape index (κ1) is 13.5. The van der Waals surface area contributed by atoms with Crippen molar-refractivity contribution in [2.24, 2.45) is 0 Å². The Morgan fingerprint density at radius 2 is 1.95 bits per heavy atom. The zero-order valence-electron chi connectivity index (χ0n) is 11.5. The van der Waals surface area contributed by atoms with E-state index in [-0.39, 0.29) is 0 Å². The number of aliphatic hydroxyl groups excluding tert-OH is 1. The molecule has 0 spiro atoms. The van der Waals surface area contributed by atoms with Crippen molar-refractivity contribution in [2.45, 2.75) is 23.8 Å². The van der Waals surface area contributed by atoms with E-state index in [9.17, 15) is 5.11 Å². The van der Waals surface area contributed by atoms with Gasteiger partial charge in [-0.05, 0) is 42.4 Å². The fraction of sp³-hybridized carbons (Fsp3) is 0.294. The highest BCUT2D eigenvalue weighted by molar-refractivity contribution is 7.98. The number of ether oxygens (including phenoxy) is 1. The predicted molar refractivity (Wildman–Crippen MR) is 82.5 cm³/mol. The van der Waals surface area contributed by atoms with Gasteiger partial charge in [-0.15, -0.1) is 11.8 Å². The van der Waals surface area contributed by atoms with Crippen molar-refractivity contribution in [3.63, 3.8) is 0 Å². The molecule has 3 rings (SSSR count). The standard InChI is InChI=1S/C17H18O2S/c1-20-14-9-7-12(8-10-14)16(18)15-6-2-4-13-5-3-11-19-17(13)15/h2,4,6-10,16,18H,3,5,11H2,1H3. The summed E-state index contributed by atoms with van der Waals surface area (Å²) in [4.78, 5) is 1.20. The van der Waals surface area contributed by atoms with Crippen LogP contribution < -0.4 is 4.74 Å². The summed E-state index contributed by atoms with van der Waals surface area (Å²) in [6, 6.07) is 14.1. The fourth-order valence-corrected chi connectivity index (χ4v) is 3.00. The molecule has 0 bridgehead atoms. The lowest BCUT2D eigenvalue weighted by Gasteiger charge is -2.23. The number of aryl methyl sites for hydroxylation is 1. The summed E-state index contributed by atoms with van der Waals surface area (Å²) in [5.74, 6) is 0.875. The minimum atomic E-state index is -0.626. The zero-order chi connectivity index (χ0) is 13.9. The van der Waals surface area contributed by atoms with Crippen LogP contribution in [0.25, 0.3) is 0 Å². The molecular formula is C17H18O2S. The van der Waals surface area contributed by atoms with E-state index in [1.54, 1.807) is 11.8 Å². The predicted octanol–water partition coefficient (Wildman–Crippen LogP) is 3.82. The number of benzene rings is 2. The van der Waals surface area contributed by atoms with Gasteiger partial charge >= 0.3 is 0 Å². The van der Waals surface area contributed by atoms with Gasteiger partial charge in [-0.3, -0.25) is 0 Å². The first-order chi connectivity index (χ1) is 9.79. The van der Waals surface area contributed by atoms with E-state index in [1.165, 1.54) is 10.5 Å². The molecule has 0 fully saturated rings. The van der Waals surface area contributed by atoms with E-state index in [0.717, 1.165) is 36.3 Å². The molecule has 20 heavy (non-hydrogen) atoms. The Balaban J connectivity index is 1.95. The Labute approximate surface area is 123 Å². The van der Waals surface area contributed by atoms with Crippen LogP contribution in [0.2, 0.25) is 0 Å². The quantitative estimate of drug-likeness (QED) is 0.870. The Hall–Kier alpha value is -1.45. The summed E-state index contributed by atoms with van der Waals surface area (Å²) in [6.45, 7) is 0.738. The second kappa shape index (κ2) is 5.90. The Bertz CT molecular complexity index is 592. The second-order valence-corrected chi connectivity index (χ2v) is 5.84. The molecule has 0 radical (unpaired) electrons. The van der Waals surface area contributed by atoms with Gasteiger partial charge < -0.3 is 9.84 Å². The molecule has 0 saturated carbocycles. The molecule has 0 saturated heterocycles. The van der Waals surface area contributed by atoms with Crippen LogP contribution in [-0.2, 0) is 6.42 Å². The van der Waals surface area contributed by atoms with Gasteiger partial charge in [0.1, 0.15) is 11.9 Å². The van der Waals surface area contributed by atoms with E-state index in [2.05, 4.69) is 6.07 Å². The first-order valence-electron chi connectivity index (χ1n) is 6.86. The molecule has 1 N–H and O–H groups in total. The van der Waals surface area contributed by atoms with Crippen LogP contribution in [0.1, 0.15) is 29.2 Å². The van der Waals surface area contributed by atoms with Crippen LogP contribution in [0.15, 0.2) is 47.4 Å². The van der Waals surface area contributed by atoms with Crippen molar-refractivity contribution in [3.8, 4) is 5.75 Å². The lowest BCUT2D eigenvalue weighted by molar-refractivity contribution is 0.206. The third-order valence-electron chi connectivity index (χ3n) is 3.69. The Morgan fingerprint density at radius 3 is 2.70 bits per heavy atom. The van der Waals surface area contributed by atoms with Crippen molar-refractivity contribution < 1.29 is 9.84 Å². The molecule has 0 aliphatic carbocycles. The summed E-state index contributed by atoms with van der Waals surface area (Å²) in [7, 11) is 0. The number of thioether (sulfide) groups is 1. The summed E-state index contributed by atoms with van der Waals surface area (Å²) >= 11 is 1.70. The summed E-state index contributed by atoms with van der Waals surface area (Å²) in [6.07, 6.45) is 3.50. The van der Waals surface area contributed by atoms with Gasteiger partial charge in [0.25, 0.3) is 0 Å². The van der Waals surface area contributed by atoms with Gasteiger partial charge in [0.2, 0.25) is 0 Å². The second-order valence-electron chi connectivity index (χ2n) is 4.96. The van der Waals surface area contributed by atoms with E-state index in [1.807, 2.05) is 42.7 Å². The highest BCUT2D eigenvalue weighted by Crippen LogP contribution is 2.35. The van der Waals surface area contributed by atoms with Crippen LogP contribution >= 0.6 is 11.8 Å². The van der Waals surface area contributed by atoms with Crippen molar-refractivity contribution in [1.29, 1.82) is 0 Å². The monoisotopic (exact) mass is 286 g/mol. The lowest BCUT2D eigenvalue weighted by Crippen LogP contribution is -2.12. The van der Waals surface area contributed by atoms with Crippen LogP contribution in [0.3, 0.4) is 0 Å². The molecule has 1 unspecified atom stereocenters. The van der Waals surface area contributed by atoms with Crippen LogP contribution in [0, 0.1) is 0 Å². The van der Waals surface area contributed by atoms with Gasteiger partial charge in [-0.2, -0.15) is 0 Å². The molecule has 0 aromatic heterocycles. The molecule has 104 valence electrons. The topological polar surface area (TPSA) is 29.5 Å². The number of aliphatic hydroxyl groups is 1. The zero-order valence-corrected chi connectivity index (χ0v) is 12.3. The molecule has 1 atom stereocenters. The maximum absolute atomic E-state index is 10.6. The summed E-state index contributed by atoms with van der Waals surface area (Å²) in [5, 5.41) is 10.6. The molecule has 3 heteroatoms. The van der Waals surface area contributed by atoms with Crippen LogP contribution in [-0.4, -0.2) is 18.0 Å². The number of hydrogen-bond donors (Lipinski definition) is 1. The van der Waals surface area contributed by atoms with Crippen molar-refractivity contribution in [3.05, 3.63) is 59.2 Å². The normalized spacial score (nSPS) is 15.3. The van der Waals surface area contributed by atoms with Crippen molar-refractivity contribution in [1.82, 2.24) is 0 Å². The molecular weight excluding hydrogens is 268 g/mol. The first-order valence-corrected chi connectivity index (χ1v) is 8.08. The Kier molecular flexibility index (Phi) is 3.99. The largest absolute Gasteiger partial charge is 0.493 e. The number of hydrogen-bond acceptors (Lipinski definition) is 3. The minimum absolute atomic E-state index is 0.626. The third kappa shape index (κ3) is 2.56. The highest BCUT2D eigenvalue weighted by atomic mass is 32.2. The van der Waals surface area contributed by atoms with Crippen molar-refractivity contribution in [2.75, 3.05) is 12.9 Å². The molecule has 2 nitrogen and oxygen atoms in total. The molecule has 1 heterocycles. The van der Waals surface area contributed by atoms with E-state index in [0.29, 0.717) is 0 Å². The molecule has 2 aromatic rings. The number of rotatable bonds is 3. The molecule has 1 aliphatic heterocycles. The number of para-hydroxylation sites is 1. The minimum Gasteiger partial charge on any atom is -0.493 e. The molecule has 0 amide bonds. The average Bonchev–Trinajstić information content (AvgIpc) is 2.54. The lowest BCUT2D eigenvalue weighted by atomic mass is 9.96. The van der Waals surface area contributed by atoms with Crippen LogP contribution in [0.5, 0.6) is 5.75 Å². The maximum Gasteiger partial charge on any atom is 0.128 e. The maximum atomic E-state index is 10.6. The van der Waals surface area contributed by atoms with Gasteiger partial charge in [0.05, 0.1) is 6.61 Å². The van der Waals surface area contributed by atoms with Gasteiger partial charge in [-0.1, -0.05) is 30.3 Å². The van der Waals surface area contributed by atoms with E-state index in [4.69, 9.17) is 4.74 Å². The Morgan fingerprint density at radius 1 is 1.15 bits per heavy atom. The highest BCUT2D eigenvalue weighted by Gasteiger charge is 2.20. The van der Waals surface area contributed by atoms with Crippen LogP contribution in [0.4, 0.5) is 0 Å². The summed E-state index contributed by atoms with van der Waals surface area (Å²) < 4.78 is 5.78. The number of fused-ring (bicyclic) bond motifs is 1. The third-order valence-corrected chi connectivity index (χ3v) is 4.43. The summed E-state index contributed by atoms with van der Waals surface area (Å²) in [5.41, 5.74) is 2.98. The van der Waals surface area contributed by atoms with E-state index < -0.39 is 6.10 Å². The van der Waals surface area contributed by atoms with Gasteiger partial charge in [-0.25, -0.2) is 0 Å². The molecule has 1 aliphatic rings.